The number of aryl methyl sites for hydroxylation is 2. The molecule has 6 heteroatoms. The second kappa shape index (κ2) is 5.49. The third-order valence-electron chi connectivity index (χ3n) is 2.47. The van der Waals surface area contributed by atoms with Crippen LogP contribution in [0.2, 0.25) is 0 Å². The number of halogens is 1. The van der Waals surface area contributed by atoms with Crippen LogP contribution < -0.4 is 5.73 Å². The van der Waals surface area contributed by atoms with E-state index in [1.807, 2.05) is 24.3 Å². The normalized spacial score (nSPS) is 10.5. The van der Waals surface area contributed by atoms with Crippen molar-refractivity contribution in [3.63, 3.8) is 0 Å². The van der Waals surface area contributed by atoms with Crippen LogP contribution in [0.5, 0.6) is 0 Å². The first kappa shape index (κ1) is 13.0. The average molecular weight is 327 g/mol. The maximum absolute atomic E-state index is 11.0. The van der Waals surface area contributed by atoms with Gasteiger partial charge in [-0.15, -0.1) is 11.3 Å². The van der Waals surface area contributed by atoms with Gasteiger partial charge in [0.1, 0.15) is 0 Å². The van der Waals surface area contributed by atoms with E-state index in [1.54, 1.807) is 0 Å². The third-order valence-corrected chi connectivity index (χ3v) is 3.94. The third kappa shape index (κ3) is 3.08. The standard InChI is InChI=1S/C12H11BrN2O2S/c13-8-4-1-7(2-5-8)3-6-9-10(11(16)17)15-12(14)18-9/h1-2,4-5H,3,6H2,(H2,14,15)(H,16,17). The van der Waals surface area contributed by atoms with E-state index in [1.165, 1.54) is 11.3 Å². The quantitative estimate of drug-likeness (QED) is 0.905. The molecule has 0 aliphatic heterocycles. The molecule has 0 atom stereocenters. The molecule has 2 rings (SSSR count). The van der Waals surface area contributed by atoms with E-state index in [0.29, 0.717) is 11.6 Å². The van der Waals surface area contributed by atoms with Gasteiger partial charge in [-0.1, -0.05) is 28.1 Å². The monoisotopic (exact) mass is 326 g/mol. The molecule has 3 N–H and O–H groups in total. The van der Waals surface area contributed by atoms with Crippen molar-refractivity contribution in [1.82, 2.24) is 4.98 Å². The van der Waals surface area contributed by atoms with E-state index >= 15 is 0 Å². The van der Waals surface area contributed by atoms with Crippen molar-refractivity contribution in [2.75, 3.05) is 5.73 Å². The Balaban J connectivity index is 2.10. The van der Waals surface area contributed by atoms with Crippen LogP contribution in [0.15, 0.2) is 28.7 Å². The zero-order chi connectivity index (χ0) is 13.1. The van der Waals surface area contributed by atoms with Crippen LogP contribution >= 0.6 is 27.3 Å². The Hall–Kier alpha value is -1.40. The second-order valence-corrected chi connectivity index (χ2v) is 5.79. The molecule has 0 bridgehead atoms. The Labute approximate surface area is 117 Å². The number of hydrogen-bond acceptors (Lipinski definition) is 4. The van der Waals surface area contributed by atoms with Gasteiger partial charge in [-0.05, 0) is 30.5 Å². The molecular formula is C12H11BrN2O2S. The van der Waals surface area contributed by atoms with Crippen molar-refractivity contribution < 1.29 is 9.90 Å². The van der Waals surface area contributed by atoms with Crippen LogP contribution in [0.25, 0.3) is 0 Å². The summed E-state index contributed by atoms with van der Waals surface area (Å²) < 4.78 is 1.03. The molecule has 0 fully saturated rings. The lowest BCUT2D eigenvalue weighted by Crippen LogP contribution is -2.02. The summed E-state index contributed by atoms with van der Waals surface area (Å²) in [4.78, 5) is 15.5. The first-order valence-corrected chi connectivity index (χ1v) is 6.90. The van der Waals surface area contributed by atoms with Crippen molar-refractivity contribution >= 4 is 38.4 Å². The fourth-order valence-corrected chi connectivity index (χ4v) is 2.70. The van der Waals surface area contributed by atoms with Crippen molar-refractivity contribution in [2.24, 2.45) is 0 Å². The van der Waals surface area contributed by atoms with E-state index in [4.69, 9.17) is 10.8 Å². The minimum atomic E-state index is -1.02. The zero-order valence-corrected chi connectivity index (χ0v) is 11.8. The topological polar surface area (TPSA) is 76.2 Å². The van der Waals surface area contributed by atoms with Gasteiger partial charge in [0, 0.05) is 9.35 Å². The Morgan fingerprint density at radius 3 is 2.61 bits per heavy atom. The lowest BCUT2D eigenvalue weighted by atomic mass is 10.1. The van der Waals surface area contributed by atoms with E-state index in [2.05, 4.69) is 20.9 Å². The molecule has 0 aliphatic carbocycles. The summed E-state index contributed by atoms with van der Waals surface area (Å²) in [6.45, 7) is 0. The molecule has 1 aromatic heterocycles. The number of aromatic carboxylic acids is 1. The minimum absolute atomic E-state index is 0.0783. The van der Waals surface area contributed by atoms with Crippen molar-refractivity contribution in [1.29, 1.82) is 0 Å². The highest BCUT2D eigenvalue weighted by Gasteiger charge is 2.15. The van der Waals surface area contributed by atoms with Crippen LogP contribution in [-0.4, -0.2) is 16.1 Å². The zero-order valence-electron chi connectivity index (χ0n) is 9.39. The van der Waals surface area contributed by atoms with Gasteiger partial charge >= 0.3 is 5.97 Å². The van der Waals surface area contributed by atoms with Gasteiger partial charge in [0.2, 0.25) is 0 Å². The molecule has 1 heterocycles. The predicted octanol–water partition coefficient (Wildman–Crippen LogP) is 2.97. The highest BCUT2D eigenvalue weighted by Crippen LogP contribution is 2.22. The highest BCUT2D eigenvalue weighted by molar-refractivity contribution is 9.10. The predicted molar refractivity (Wildman–Crippen MR) is 75.0 cm³/mol. The number of hydrogen-bond donors (Lipinski definition) is 2. The fraction of sp³-hybridized carbons (Fsp3) is 0.167. The Morgan fingerprint density at radius 2 is 2.00 bits per heavy atom. The Kier molecular flexibility index (Phi) is 3.98. The number of thiazole rings is 1. The molecule has 0 radical (unpaired) electrons. The lowest BCUT2D eigenvalue weighted by Gasteiger charge is -2.00. The summed E-state index contributed by atoms with van der Waals surface area (Å²) in [5, 5.41) is 9.30. The molecule has 0 saturated heterocycles. The fourth-order valence-electron chi connectivity index (χ4n) is 1.62. The average Bonchev–Trinajstić information content (AvgIpc) is 2.70. The molecule has 94 valence electrons. The van der Waals surface area contributed by atoms with Gasteiger partial charge in [0.15, 0.2) is 10.8 Å². The summed E-state index contributed by atoms with van der Waals surface area (Å²) in [5.74, 6) is -1.02. The van der Waals surface area contributed by atoms with Gasteiger partial charge in [0.05, 0.1) is 0 Å². The van der Waals surface area contributed by atoms with Crippen LogP contribution in [0, 0.1) is 0 Å². The second-order valence-electron chi connectivity index (χ2n) is 3.76. The number of nitrogens with zero attached hydrogens (tertiary/aromatic N) is 1. The summed E-state index contributed by atoms with van der Waals surface area (Å²) >= 11 is 4.61. The molecule has 0 saturated carbocycles. The SMILES string of the molecule is Nc1nc(C(=O)O)c(CCc2ccc(Br)cc2)s1. The van der Waals surface area contributed by atoms with E-state index in [9.17, 15) is 4.79 Å². The van der Waals surface area contributed by atoms with E-state index in [0.717, 1.165) is 21.3 Å². The molecule has 18 heavy (non-hydrogen) atoms. The van der Waals surface area contributed by atoms with Crippen LogP contribution in [0.4, 0.5) is 5.13 Å². The number of nitrogens with two attached hydrogens (primary N) is 1. The van der Waals surface area contributed by atoms with Crippen LogP contribution in [0.3, 0.4) is 0 Å². The maximum atomic E-state index is 11.0. The van der Waals surface area contributed by atoms with E-state index in [-0.39, 0.29) is 5.69 Å². The molecule has 2 aromatic rings. The molecular weight excluding hydrogens is 316 g/mol. The largest absolute Gasteiger partial charge is 0.476 e. The maximum Gasteiger partial charge on any atom is 0.355 e. The highest BCUT2D eigenvalue weighted by atomic mass is 79.9. The first-order valence-electron chi connectivity index (χ1n) is 5.29. The summed E-state index contributed by atoms with van der Waals surface area (Å²) in [5.41, 5.74) is 6.78. The molecule has 4 nitrogen and oxygen atoms in total. The lowest BCUT2D eigenvalue weighted by molar-refractivity contribution is 0.0690. The molecule has 0 spiro atoms. The smallest absolute Gasteiger partial charge is 0.355 e. The number of carboxylic acids is 1. The van der Waals surface area contributed by atoms with Gasteiger partial charge < -0.3 is 10.8 Å². The Morgan fingerprint density at radius 1 is 1.33 bits per heavy atom. The molecule has 1 aromatic carbocycles. The minimum Gasteiger partial charge on any atom is -0.476 e. The number of anilines is 1. The number of carboxylic acid groups (broad SMARTS) is 1. The van der Waals surface area contributed by atoms with Crippen molar-refractivity contribution in [3.05, 3.63) is 44.9 Å². The molecule has 0 amide bonds. The van der Waals surface area contributed by atoms with Crippen molar-refractivity contribution in [3.8, 4) is 0 Å². The molecule has 0 unspecified atom stereocenters. The number of benzene rings is 1. The Bertz CT molecular complexity index is 566. The number of nitrogen functional groups attached to an aromatic ring is 1. The molecule has 0 aliphatic rings. The number of carbonyl (C=O) groups is 1. The van der Waals surface area contributed by atoms with Crippen LogP contribution in [0.1, 0.15) is 20.9 Å². The van der Waals surface area contributed by atoms with Gasteiger partial charge in [0.25, 0.3) is 0 Å². The number of aromatic nitrogens is 1. The van der Waals surface area contributed by atoms with Crippen molar-refractivity contribution in [2.45, 2.75) is 12.8 Å². The van der Waals surface area contributed by atoms with Gasteiger partial charge in [-0.2, -0.15) is 0 Å². The summed E-state index contributed by atoms with van der Waals surface area (Å²) in [7, 11) is 0. The van der Waals surface area contributed by atoms with Gasteiger partial charge in [-0.25, -0.2) is 9.78 Å². The van der Waals surface area contributed by atoms with Crippen LogP contribution in [-0.2, 0) is 12.8 Å². The number of rotatable bonds is 4. The summed E-state index contributed by atoms with van der Waals surface area (Å²) in [6.07, 6.45) is 1.41. The first-order chi connectivity index (χ1) is 8.56. The van der Waals surface area contributed by atoms with Gasteiger partial charge in [-0.3, -0.25) is 0 Å². The summed E-state index contributed by atoms with van der Waals surface area (Å²) in [6, 6.07) is 7.95. The van der Waals surface area contributed by atoms with E-state index < -0.39 is 5.97 Å².